The van der Waals surface area contributed by atoms with E-state index >= 15 is 0 Å². The number of ether oxygens (including phenoxy) is 1. The van der Waals surface area contributed by atoms with Crippen LogP contribution < -0.4 is 10.6 Å². The molecule has 3 N–H and O–H groups in total. The third kappa shape index (κ3) is 5.14. The predicted octanol–water partition coefficient (Wildman–Crippen LogP) is -0.0196. The summed E-state index contributed by atoms with van der Waals surface area (Å²) in [7, 11) is 1.42. The highest BCUT2D eigenvalue weighted by molar-refractivity contribution is 5.84. The average molecular weight is 246 g/mol. The van der Waals surface area contributed by atoms with Crippen molar-refractivity contribution in [3.63, 3.8) is 0 Å². The van der Waals surface area contributed by atoms with Crippen LogP contribution in [0.4, 0.5) is 0 Å². The molecule has 2 unspecified atom stereocenters. The molecule has 0 aromatic carbocycles. The predicted molar refractivity (Wildman–Crippen MR) is 63.8 cm³/mol. The summed E-state index contributed by atoms with van der Waals surface area (Å²) in [4.78, 5) is 22.7. The summed E-state index contributed by atoms with van der Waals surface area (Å²) in [5.74, 6) is -1.26. The Bertz CT molecular complexity index is 270. The molecule has 0 fully saturated rings. The molecule has 0 saturated heterocycles. The smallest absolute Gasteiger partial charge is 0.326 e. The second-order valence-corrected chi connectivity index (χ2v) is 4.23. The Hall–Kier alpha value is -1.14. The SMILES string of the molecule is CCCNC(=O)C(C)NC(C)(COC)C(=O)O. The van der Waals surface area contributed by atoms with Crippen molar-refractivity contribution in [2.24, 2.45) is 0 Å². The Kier molecular flexibility index (Phi) is 6.75. The van der Waals surface area contributed by atoms with Crippen LogP contribution in [0.1, 0.15) is 27.2 Å². The molecule has 100 valence electrons. The fraction of sp³-hybridized carbons (Fsp3) is 0.818. The van der Waals surface area contributed by atoms with Gasteiger partial charge in [0, 0.05) is 13.7 Å². The molecule has 0 aliphatic heterocycles. The van der Waals surface area contributed by atoms with Gasteiger partial charge in [0.15, 0.2) is 0 Å². The molecule has 0 rings (SSSR count). The van der Waals surface area contributed by atoms with E-state index in [4.69, 9.17) is 9.84 Å². The maximum absolute atomic E-state index is 11.6. The van der Waals surface area contributed by atoms with Crippen LogP contribution in [0.2, 0.25) is 0 Å². The quantitative estimate of drug-likeness (QED) is 0.560. The van der Waals surface area contributed by atoms with E-state index in [1.54, 1.807) is 6.92 Å². The number of carboxylic acids is 1. The van der Waals surface area contributed by atoms with E-state index < -0.39 is 17.6 Å². The summed E-state index contributed by atoms with van der Waals surface area (Å²) in [5, 5.41) is 14.6. The maximum Gasteiger partial charge on any atom is 0.326 e. The standard InChI is InChI=1S/C11H22N2O4/c1-5-6-12-9(14)8(2)13-11(3,7-17-4)10(15)16/h8,13H,5-7H2,1-4H3,(H,12,14)(H,15,16). The average Bonchev–Trinajstić information content (AvgIpc) is 2.25. The molecule has 1 amide bonds. The highest BCUT2D eigenvalue weighted by Crippen LogP contribution is 2.06. The van der Waals surface area contributed by atoms with Crippen LogP contribution in [0.5, 0.6) is 0 Å². The topological polar surface area (TPSA) is 87.7 Å². The summed E-state index contributed by atoms with van der Waals surface area (Å²) in [5.41, 5.74) is -1.27. The van der Waals surface area contributed by atoms with Gasteiger partial charge in [-0.2, -0.15) is 0 Å². The van der Waals surface area contributed by atoms with Crippen LogP contribution in [0.15, 0.2) is 0 Å². The number of carbonyl (C=O) groups is 2. The summed E-state index contributed by atoms with van der Waals surface area (Å²) >= 11 is 0. The highest BCUT2D eigenvalue weighted by Gasteiger charge is 2.35. The molecule has 6 nitrogen and oxygen atoms in total. The lowest BCUT2D eigenvalue weighted by molar-refractivity contribution is -0.147. The Morgan fingerprint density at radius 2 is 2.06 bits per heavy atom. The second kappa shape index (κ2) is 7.24. The van der Waals surface area contributed by atoms with Crippen molar-refractivity contribution in [2.45, 2.75) is 38.8 Å². The molecule has 0 radical (unpaired) electrons. The van der Waals surface area contributed by atoms with E-state index in [1.807, 2.05) is 6.92 Å². The molecule has 0 saturated carbocycles. The summed E-state index contributed by atoms with van der Waals surface area (Å²) in [6, 6.07) is -0.585. The number of hydrogen-bond donors (Lipinski definition) is 3. The third-order valence-electron chi connectivity index (χ3n) is 2.38. The Labute approximate surface area is 102 Å². The Balaban J connectivity index is 4.45. The number of carboxylic acid groups (broad SMARTS) is 1. The van der Waals surface area contributed by atoms with Gasteiger partial charge in [-0.05, 0) is 20.3 Å². The van der Waals surface area contributed by atoms with Crippen molar-refractivity contribution in [2.75, 3.05) is 20.3 Å². The van der Waals surface area contributed by atoms with Crippen molar-refractivity contribution in [1.82, 2.24) is 10.6 Å². The van der Waals surface area contributed by atoms with Gasteiger partial charge < -0.3 is 15.2 Å². The molecule has 0 aliphatic rings. The second-order valence-electron chi connectivity index (χ2n) is 4.23. The van der Waals surface area contributed by atoms with E-state index in [-0.39, 0.29) is 12.5 Å². The number of rotatable bonds is 8. The summed E-state index contributed by atoms with van der Waals surface area (Å²) in [6.07, 6.45) is 0.840. The van der Waals surface area contributed by atoms with Gasteiger partial charge in [-0.15, -0.1) is 0 Å². The van der Waals surface area contributed by atoms with Gasteiger partial charge in [0.05, 0.1) is 12.6 Å². The van der Waals surface area contributed by atoms with E-state index in [1.165, 1.54) is 14.0 Å². The number of amides is 1. The molecule has 0 aliphatic carbocycles. The monoisotopic (exact) mass is 246 g/mol. The first kappa shape index (κ1) is 15.9. The lowest BCUT2D eigenvalue weighted by Gasteiger charge is -2.28. The minimum absolute atomic E-state index is 0.00622. The van der Waals surface area contributed by atoms with E-state index in [9.17, 15) is 9.59 Å². The zero-order valence-corrected chi connectivity index (χ0v) is 10.9. The zero-order chi connectivity index (χ0) is 13.5. The largest absolute Gasteiger partial charge is 0.480 e. The molecule has 2 atom stereocenters. The summed E-state index contributed by atoms with van der Waals surface area (Å²) < 4.78 is 4.86. The molecule has 0 bridgehead atoms. The van der Waals surface area contributed by atoms with Crippen LogP contribution in [-0.4, -0.2) is 48.8 Å². The van der Waals surface area contributed by atoms with Gasteiger partial charge in [-0.3, -0.25) is 14.9 Å². The molecule has 0 aromatic rings. The van der Waals surface area contributed by atoms with Gasteiger partial charge in [0.25, 0.3) is 0 Å². The van der Waals surface area contributed by atoms with E-state index in [0.717, 1.165) is 6.42 Å². The van der Waals surface area contributed by atoms with E-state index in [0.29, 0.717) is 6.54 Å². The highest BCUT2D eigenvalue weighted by atomic mass is 16.5. The fourth-order valence-electron chi connectivity index (χ4n) is 1.40. The first-order chi connectivity index (χ1) is 7.87. The van der Waals surface area contributed by atoms with Gasteiger partial charge >= 0.3 is 5.97 Å². The van der Waals surface area contributed by atoms with Crippen LogP contribution in [0, 0.1) is 0 Å². The Morgan fingerprint density at radius 3 is 2.47 bits per heavy atom. The van der Waals surface area contributed by atoms with Crippen LogP contribution >= 0.6 is 0 Å². The number of hydrogen-bond acceptors (Lipinski definition) is 4. The lowest BCUT2D eigenvalue weighted by Crippen LogP contribution is -2.59. The minimum atomic E-state index is -1.27. The molecule has 6 heteroatoms. The molecular weight excluding hydrogens is 224 g/mol. The lowest BCUT2D eigenvalue weighted by atomic mass is 10.0. The fourth-order valence-corrected chi connectivity index (χ4v) is 1.40. The zero-order valence-electron chi connectivity index (χ0n) is 10.9. The number of carbonyl (C=O) groups excluding carboxylic acids is 1. The Morgan fingerprint density at radius 1 is 1.47 bits per heavy atom. The minimum Gasteiger partial charge on any atom is -0.480 e. The van der Waals surface area contributed by atoms with Crippen LogP contribution in [0.25, 0.3) is 0 Å². The molecule has 17 heavy (non-hydrogen) atoms. The number of methoxy groups -OCH3 is 1. The third-order valence-corrected chi connectivity index (χ3v) is 2.38. The number of aliphatic carboxylic acids is 1. The van der Waals surface area contributed by atoms with Crippen LogP contribution in [0.3, 0.4) is 0 Å². The first-order valence-electron chi connectivity index (χ1n) is 5.65. The van der Waals surface area contributed by atoms with Gasteiger partial charge in [-0.25, -0.2) is 0 Å². The van der Waals surface area contributed by atoms with Crippen molar-refractivity contribution < 1.29 is 19.4 Å². The first-order valence-corrected chi connectivity index (χ1v) is 5.65. The van der Waals surface area contributed by atoms with Gasteiger partial charge in [0.2, 0.25) is 5.91 Å². The maximum atomic E-state index is 11.6. The van der Waals surface area contributed by atoms with Crippen molar-refractivity contribution >= 4 is 11.9 Å². The normalized spacial score (nSPS) is 16.0. The molecule has 0 aromatic heterocycles. The molecule has 0 spiro atoms. The van der Waals surface area contributed by atoms with Crippen molar-refractivity contribution in [3.05, 3.63) is 0 Å². The number of nitrogens with one attached hydrogen (secondary N) is 2. The van der Waals surface area contributed by atoms with Crippen molar-refractivity contribution in [1.29, 1.82) is 0 Å². The van der Waals surface area contributed by atoms with E-state index in [2.05, 4.69) is 10.6 Å². The van der Waals surface area contributed by atoms with Crippen LogP contribution in [-0.2, 0) is 14.3 Å². The molecule has 0 heterocycles. The molecular formula is C11H22N2O4. The summed E-state index contributed by atoms with van der Waals surface area (Å²) in [6.45, 7) is 5.64. The van der Waals surface area contributed by atoms with Gasteiger partial charge in [0.1, 0.15) is 5.54 Å². The van der Waals surface area contributed by atoms with Crippen molar-refractivity contribution in [3.8, 4) is 0 Å². The van der Waals surface area contributed by atoms with Gasteiger partial charge in [-0.1, -0.05) is 6.92 Å².